The van der Waals surface area contributed by atoms with Crippen molar-refractivity contribution in [2.45, 2.75) is 6.92 Å². The summed E-state index contributed by atoms with van der Waals surface area (Å²) in [5, 5.41) is 7.38. The van der Waals surface area contributed by atoms with Gasteiger partial charge in [-0.15, -0.1) is 5.10 Å². The van der Waals surface area contributed by atoms with Crippen LogP contribution in [0.5, 0.6) is 0 Å². The van der Waals surface area contributed by atoms with E-state index in [9.17, 15) is 0 Å². The van der Waals surface area contributed by atoms with E-state index in [4.69, 9.17) is 11.5 Å². The van der Waals surface area contributed by atoms with Crippen LogP contribution in [0.25, 0.3) is 5.65 Å². The van der Waals surface area contributed by atoms with Gasteiger partial charge in [-0.05, 0) is 13.0 Å². The second kappa shape index (κ2) is 4.25. The number of aromatic nitrogens is 2. The Labute approximate surface area is 98.9 Å². The van der Waals surface area contributed by atoms with Gasteiger partial charge in [0.15, 0.2) is 5.69 Å². The molecule has 0 atom stereocenters. The van der Waals surface area contributed by atoms with Gasteiger partial charge in [-0.25, -0.2) is 4.57 Å². The molecule has 0 aliphatic heterocycles. The first-order valence-corrected chi connectivity index (χ1v) is 5.18. The van der Waals surface area contributed by atoms with Crippen molar-refractivity contribution in [1.29, 1.82) is 0 Å². The summed E-state index contributed by atoms with van der Waals surface area (Å²) in [6.07, 6.45) is 3.60. The molecule has 0 bridgehead atoms. The lowest BCUT2D eigenvalue weighted by Gasteiger charge is -1.91. The highest BCUT2D eigenvalue weighted by Gasteiger charge is 2.13. The lowest BCUT2D eigenvalue weighted by molar-refractivity contribution is -0.518. The van der Waals surface area contributed by atoms with E-state index in [1.54, 1.807) is 6.21 Å². The van der Waals surface area contributed by atoms with Gasteiger partial charge >= 0.3 is 0 Å². The Bertz CT molecular complexity index is 604. The van der Waals surface area contributed by atoms with Crippen molar-refractivity contribution in [1.82, 2.24) is 4.57 Å². The molecule has 2 rings (SSSR count). The molecular formula is C11H15N6+. The number of hydrogen-bond acceptors (Lipinski definition) is 2. The topological polar surface area (TPSA) is 85.8 Å². The number of aryl methyl sites for hydroxylation is 2. The SMILES string of the molecule is Cc1cccc2n(C)c(/C=N\N=C(N)N)c[n+]12. The normalized spacial score (nSPS) is 11.2. The number of nitrogens with zero attached hydrogens (tertiary/aromatic N) is 4. The lowest BCUT2D eigenvalue weighted by Crippen LogP contribution is -2.22. The van der Waals surface area contributed by atoms with Crippen molar-refractivity contribution in [3.05, 3.63) is 35.8 Å². The number of imidazole rings is 1. The molecule has 0 saturated carbocycles. The fraction of sp³-hybridized carbons (Fsp3) is 0.182. The number of rotatable bonds is 2. The minimum absolute atomic E-state index is 0.0520. The number of fused-ring (bicyclic) bond motifs is 1. The smallest absolute Gasteiger partial charge is 0.286 e. The van der Waals surface area contributed by atoms with E-state index in [1.807, 2.05) is 42.9 Å². The molecular weight excluding hydrogens is 216 g/mol. The maximum Gasteiger partial charge on any atom is 0.286 e. The van der Waals surface area contributed by atoms with Crippen molar-refractivity contribution in [2.75, 3.05) is 0 Å². The van der Waals surface area contributed by atoms with E-state index < -0.39 is 0 Å². The first-order chi connectivity index (χ1) is 8.09. The van der Waals surface area contributed by atoms with Crippen molar-refractivity contribution in [3.63, 3.8) is 0 Å². The van der Waals surface area contributed by atoms with Gasteiger partial charge < -0.3 is 11.5 Å². The standard InChI is InChI=1S/C11H15N6/c1-8-4-3-5-10-16(2)9(7-17(8)10)6-14-15-11(12)13/h3-7H,1-2H3,(H4,12,13,15)/q+1/b14-6-. The van der Waals surface area contributed by atoms with Gasteiger partial charge in [-0.2, -0.15) is 9.50 Å². The summed E-state index contributed by atoms with van der Waals surface area (Å²) in [7, 11) is 1.96. The quantitative estimate of drug-likeness (QED) is 0.321. The van der Waals surface area contributed by atoms with Gasteiger partial charge in [-0.3, -0.25) is 0 Å². The predicted molar refractivity (Wildman–Crippen MR) is 66.7 cm³/mol. The number of guanidine groups is 1. The predicted octanol–water partition coefficient (Wildman–Crippen LogP) is -0.320. The van der Waals surface area contributed by atoms with Crippen LogP contribution in [0.3, 0.4) is 0 Å². The van der Waals surface area contributed by atoms with Crippen molar-refractivity contribution < 1.29 is 4.40 Å². The van der Waals surface area contributed by atoms with E-state index >= 15 is 0 Å². The Hall–Kier alpha value is -2.37. The van der Waals surface area contributed by atoms with E-state index in [0.717, 1.165) is 17.0 Å². The maximum atomic E-state index is 5.20. The van der Waals surface area contributed by atoms with E-state index in [2.05, 4.69) is 14.6 Å². The minimum Gasteiger partial charge on any atom is -0.369 e. The van der Waals surface area contributed by atoms with Gasteiger partial charge in [0.1, 0.15) is 18.1 Å². The lowest BCUT2D eigenvalue weighted by atomic mass is 10.4. The van der Waals surface area contributed by atoms with Crippen LogP contribution >= 0.6 is 0 Å². The van der Waals surface area contributed by atoms with Gasteiger partial charge in [0.25, 0.3) is 5.65 Å². The Balaban J connectivity index is 2.49. The highest BCUT2D eigenvalue weighted by molar-refractivity contribution is 5.80. The van der Waals surface area contributed by atoms with E-state index in [0.29, 0.717) is 0 Å². The van der Waals surface area contributed by atoms with Crippen LogP contribution in [0.1, 0.15) is 11.4 Å². The zero-order valence-electron chi connectivity index (χ0n) is 9.83. The van der Waals surface area contributed by atoms with Crippen LogP contribution in [0.15, 0.2) is 34.6 Å². The fourth-order valence-corrected chi connectivity index (χ4v) is 1.68. The van der Waals surface area contributed by atoms with Crippen LogP contribution < -0.4 is 15.9 Å². The zero-order chi connectivity index (χ0) is 12.4. The fourth-order valence-electron chi connectivity index (χ4n) is 1.68. The molecule has 0 fully saturated rings. The van der Waals surface area contributed by atoms with Crippen molar-refractivity contribution in [2.24, 2.45) is 28.7 Å². The van der Waals surface area contributed by atoms with E-state index in [-0.39, 0.29) is 5.96 Å². The van der Waals surface area contributed by atoms with Gasteiger partial charge in [0, 0.05) is 6.07 Å². The summed E-state index contributed by atoms with van der Waals surface area (Å²) in [5.41, 5.74) is 13.5. The number of nitrogens with two attached hydrogens (primary N) is 2. The van der Waals surface area contributed by atoms with E-state index in [1.165, 1.54) is 0 Å². The molecule has 0 radical (unpaired) electrons. The Morgan fingerprint density at radius 2 is 2.18 bits per heavy atom. The summed E-state index contributed by atoms with van der Waals surface area (Å²) in [5.74, 6) is -0.0520. The molecule has 6 heteroatoms. The molecule has 2 aromatic heterocycles. The molecule has 17 heavy (non-hydrogen) atoms. The summed E-state index contributed by atoms with van der Waals surface area (Å²) < 4.78 is 4.09. The highest BCUT2D eigenvalue weighted by Crippen LogP contribution is 2.03. The first kappa shape index (κ1) is 11.1. The molecule has 4 N–H and O–H groups in total. The first-order valence-electron chi connectivity index (χ1n) is 5.18. The third-order valence-electron chi connectivity index (χ3n) is 2.57. The molecule has 88 valence electrons. The molecule has 6 nitrogen and oxygen atoms in total. The van der Waals surface area contributed by atoms with Crippen LogP contribution in [0.4, 0.5) is 0 Å². The third-order valence-corrected chi connectivity index (χ3v) is 2.57. The largest absolute Gasteiger partial charge is 0.369 e. The van der Waals surface area contributed by atoms with Gasteiger partial charge in [-0.1, -0.05) is 6.07 Å². The molecule has 0 saturated heterocycles. The molecule has 2 aromatic rings. The summed E-state index contributed by atoms with van der Waals surface area (Å²) >= 11 is 0. The molecule has 0 spiro atoms. The van der Waals surface area contributed by atoms with Crippen LogP contribution in [0, 0.1) is 6.92 Å². The molecule has 0 unspecified atom stereocenters. The minimum atomic E-state index is -0.0520. The Kier molecular flexibility index (Phi) is 2.78. The number of pyridine rings is 1. The number of hydrogen-bond donors (Lipinski definition) is 2. The van der Waals surface area contributed by atoms with Gasteiger partial charge in [0.05, 0.1) is 7.05 Å². The summed E-state index contributed by atoms with van der Waals surface area (Å²) in [6, 6.07) is 6.09. The highest BCUT2D eigenvalue weighted by atomic mass is 15.3. The Morgan fingerprint density at radius 1 is 1.41 bits per heavy atom. The third kappa shape index (κ3) is 2.10. The second-order valence-electron chi connectivity index (χ2n) is 3.78. The summed E-state index contributed by atoms with van der Waals surface area (Å²) in [4.78, 5) is 0. The van der Waals surface area contributed by atoms with Crippen molar-refractivity contribution in [3.8, 4) is 0 Å². The molecule has 0 aliphatic carbocycles. The molecule has 0 aromatic carbocycles. The second-order valence-corrected chi connectivity index (χ2v) is 3.78. The molecule has 0 amide bonds. The zero-order valence-corrected chi connectivity index (χ0v) is 9.83. The molecule has 2 heterocycles. The van der Waals surface area contributed by atoms with Crippen LogP contribution in [-0.2, 0) is 7.05 Å². The summed E-state index contributed by atoms with van der Waals surface area (Å²) in [6.45, 7) is 2.05. The van der Waals surface area contributed by atoms with Gasteiger partial charge in [0.2, 0.25) is 5.96 Å². The molecule has 0 aliphatic rings. The Morgan fingerprint density at radius 3 is 2.82 bits per heavy atom. The van der Waals surface area contributed by atoms with Crippen molar-refractivity contribution >= 4 is 17.8 Å². The van der Waals surface area contributed by atoms with Crippen LogP contribution in [0.2, 0.25) is 0 Å². The maximum absolute atomic E-state index is 5.20. The van der Waals surface area contributed by atoms with Crippen LogP contribution in [-0.4, -0.2) is 16.7 Å². The monoisotopic (exact) mass is 231 g/mol. The average molecular weight is 231 g/mol. The average Bonchev–Trinajstić information content (AvgIpc) is 2.58.